The lowest BCUT2D eigenvalue weighted by Crippen LogP contribution is -2.11. The van der Waals surface area contributed by atoms with Crippen LogP contribution in [0.1, 0.15) is 22.3 Å². The molecule has 0 saturated heterocycles. The standard InChI is InChI=1S/C18H20Br2/c1-13-7-8-14(2)17(9-13)11-15(12-19)10-16-5-3-4-6-18(16)20/h3-9,15H,10-12H2,1-2H3. The summed E-state index contributed by atoms with van der Waals surface area (Å²) >= 11 is 7.33. The fraction of sp³-hybridized carbons (Fsp3) is 0.333. The number of aryl methyl sites for hydroxylation is 2. The van der Waals surface area contributed by atoms with Gasteiger partial charge in [0.15, 0.2) is 0 Å². The third-order valence-electron chi connectivity index (χ3n) is 3.70. The van der Waals surface area contributed by atoms with Gasteiger partial charge in [0.05, 0.1) is 0 Å². The molecule has 1 unspecified atom stereocenters. The van der Waals surface area contributed by atoms with E-state index in [-0.39, 0.29) is 0 Å². The lowest BCUT2D eigenvalue weighted by atomic mass is 9.91. The molecule has 20 heavy (non-hydrogen) atoms. The van der Waals surface area contributed by atoms with E-state index in [9.17, 15) is 0 Å². The van der Waals surface area contributed by atoms with E-state index in [0.29, 0.717) is 5.92 Å². The van der Waals surface area contributed by atoms with E-state index >= 15 is 0 Å². The largest absolute Gasteiger partial charge is 0.0925 e. The highest BCUT2D eigenvalue weighted by atomic mass is 79.9. The highest BCUT2D eigenvalue weighted by Gasteiger charge is 2.12. The molecule has 2 aromatic carbocycles. The van der Waals surface area contributed by atoms with Gasteiger partial charge in [0.25, 0.3) is 0 Å². The SMILES string of the molecule is Cc1ccc(C)c(CC(CBr)Cc2ccccc2Br)c1. The Hall–Kier alpha value is -0.600. The first kappa shape index (κ1) is 15.8. The highest BCUT2D eigenvalue weighted by molar-refractivity contribution is 9.10. The van der Waals surface area contributed by atoms with Gasteiger partial charge in [0.2, 0.25) is 0 Å². The zero-order chi connectivity index (χ0) is 14.5. The van der Waals surface area contributed by atoms with E-state index in [1.807, 2.05) is 0 Å². The summed E-state index contributed by atoms with van der Waals surface area (Å²) in [6.07, 6.45) is 2.22. The second-order valence-corrected chi connectivity index (χ2v) is 6.95. The Morgan fingerprint density at radius 2 is 1.65 bits per heavy atom. The molecular weight excluding hydrogens is 376 g/mol. The van der Waals surface area contributed by atoms with Crippen LogP contribution in [0, 0.1) is 19.8 Å². The molecule has 0 aliphatic carbocycles. The average molecular weight is 396 g/mol. The van der Waals surface area contributed by atoms with E-state index in [2.05, 4.69) is 88.2 Å². The van der Waals surface area contributed by atoms with Crippen LogP contribution in [0.5, 0.6) is 0 Å². The molecule has 0 saturated carbocycles. The summed E-state index contributed by atoms with van der Waals surface area (Å²) in [6.45, 7) is 4.37. The van der Waals surface area contributed by atoms with Gasteiger partial charge in [0, 0.05) is 9.80 Å². The summed E-state index contributed by atoms with van der Waals surface area (Å²) in [7, 11) is 0. The predicted molar refractivity (Wildman–Crippen MR) is 94.8 cm³/mol. The second kappa shape index (κ2) is 7.42. The minimum Gasteiger partial charge on any atom is -0.0925 e. The van der Waals surface area contributed by atoms with Crippen LogP contribution in [0.2, 0.25) is 0 Å². The fourth-order valence-corrected chi connectivity index (χ4v) is 3.39. The molecule has 2 heteroatoms. The molecule has 1 atom stereocenters. The van der Waals surface area contributed by atoms with Gasteiger partial charge in [0.1, 0.15) is 0 Å². The van der Waals surface area contributed by atoms with Crippen LogP contribution in [0.4, 0.5) is 0 Å². The molecule has 0 fully saturated rings. The zero-order valence-corrected chi connectivity index (χ0v) is 15.2. The highest BCUT2D eigenvalue weighted by Crippen LogP contribution is 2.24. The summed E-state index contributed by atoms with van der Waals surface area (Å²) in [5.74, 6) is 0.620. The summed E-state index contributed by atoms with van der Waals surface area (Å²) < 4.78 is 1.21. The van der Waals surface area contributed by atoms with Crippen molar-refractivity contribution in [3.05, 3.63) is 69.2 Å². The van der Waals surface area contributed by atoms with Crippen LogP contribution in [0.25, 0.3) is 0 Å². The summed E-state index contributed by atoms with van der Waals surface area (Å²) in [6, 6.07) is 15.3. The first-order valence-corrected chi connectivity index (χ1v) is 8.87. The summed E-state index contributed by atoms with van der Waals surface area (Å²) in [4.78, 5) is 0. The molecule has 0 nitrogen and oxygen atoms in total. The molecule has 0 amide bonds. The van der Waals surface area contributed by atoms with Crippen LogP contribution in [0.15, 0.2) is 46.9 Å². The number of alkyl halides is 1. The van der Waals surface area contributed by atoms with Gasteiger partial charge in [-0.15, -0.1) is 0 Å². The first-order chi connectivity index (χ1) is 9.60. The maximum atomic E-state index is 3.68. The molecule has 0 bridgehead atoms. The molecule has 2 rings (SSSR count). The molecule has 0 aliphatic rings. The van der Waals surface area contributed by atoms with Crippen molar-refractivity contribution in [3.8, 4) is 0 Å². The lowest BCUT2D eigenvalue weighted by molar-refractivity contribution is 0.588. The van der Waals surface area contributed by atoms with Crippen molar-refractivity contribution in [3.63, 3.8) is 0 Å². The van der Waals surface area contributed by atoms with E-state index in [1.54, 1.807) is 0 Å². The van der Waals surface area contributed by atoms with Crippen LogP contribution < -0.4 is 0 Å². The number of rotatable bonds is 5. The van der Waals surface area contributed by atoms with E-state index in [0.717, 1.165) is 18.2 Å². The molecule has 0 spiro atoms. The van der Waals surface area contributed by atoms with Gasteiger partial charge in [-0.2, -0.15) is 0 Å². The molecule has 0 aliphatic heterocycles. The Labute approximate surface area is 138 Å². The van der Waals surface area contributed by atoms with Gasteiger partial charge >= 0.3 is 0 Å². The van der Waals surface area contributed by atoms with Crippen molar-refractivity contribution >= 4 is 31.9 Å². The van der Waals surface area contributed by atoms with Crippen LogP contribution >= 0.6 is 31.9 Å². The van der Waals surface area contributed by atoms with Gasteiger partial charge in [-0.25, -0.2) is 0 Å². The number of halogens is 2. The van der Waals surface area contributed by atoms with E-state index < -0.39 is 0 Å². The van der Waals surface area contributed by atoms with Gasteiger partial charge in [-0.05, 0) is 55.4 Å². The summed E-state index contributed by atoms with van der Waals surface area (Å²) in [5, 5.41) is 1.03. The van der Waals surface area contributed by atoms with E-state index in [1.165, 1.54) is 26.7 Å². The van der Waals surface area contributed by atoms with Crippen LogP contribution in [0.3, 0.4) is 0 Å². The van der Waals surface area contributed by atoms with Gasteiger partial charge in [-0.3, -0.25) is 0 Å². The lowest BCUT2D eigenvalue weighted by Gasteiger charge is -2.17. The Kier molecular flexibility index (Phi) is 5.86. The van der Waals surface area contributed by atoms with Crippen molar-refractivity contribution in [2.45, 2.75) is 26.7 Å². The minimum atomic E-state index is 0.620. The van der Waals surface area contributed by atoms with Crippen LogP contribution in [-0.4, -0.2) is 5.33 Å². The van der Waals surface area contributed by atoms with Crippen molar-refractivity contribution in [1.82, 2.24) is 0 Å². The molecule has 0 radical (unpaired) electrons. The quantitative estimate of drug-likeness (QED) is 0.556. The van der Waals surface area contributed by atoms with Crippen LogP contribution in [-0.2, 0) is 12.8 Å². The molecule has 0 aromatic heterocycles. The Bertz CT molecular complexity index is 575. The molecule has 2 aromatic rings. The Balaban J connectivity index is 2.13. The monoisotopic (exact) mass is 394 g/mol. The Morgan fingerprint density at radius 1 is 0.950 bits per heavy atom. The van der Waals surface area contributed by atoms with Gasteiger partial charge in [-0.1, -0.05) is 73.8 Å². The number of hydrogen-bond donors (Lipinski definition) is 0. The topological polar surface area (TPSA) is 0 Å². The second-order valence-electron chi connectivity index (χ2n) is 5.45. The normalized spacial score (nSPS) is 12.4. The Morgan fingerprint density at radius 3 is 2.35 bits per heavy atom. The number of benzene rings is 2. The average Bonchev–Trinajstić information content (AvgIpc) is 2.44. The third-order valence-corrected chi connectivity index (χ3v) is 5.39. The van der Waals surface area contributed by atoms with Crippen molar-refractivity contribution < 1.29 is 0 Å². The smallest absolute Gasteiger partial charge is 0.0207 e. The molecular formula is C18H20Br2. The minimum absolute atomic E-state index is 0.620. The molecule has 0 N–H and O–H groups in total. The van der Waals surface area contributed by atoms with Crippen molar-refractivity contribution in [2.75, 3.05) is 5.33 Å². The third kappa shape index (κ3) is 4.20. The maximum Gasteiger partial charge on any atom is 0.0207 e. The van der Waals surface area contributed by atoms with Crippen molar-refractivity contribution in [1.29, 1.82) is 0 Å². The predicted octanol–water partition coefficient (Wildman–Crippen LogP) is 5.86. The molecule has 0 heterocycles. The maximum absolute atomic E-state index is 3.68. The molecule has 106 valence electrons. The van der Waals surface area contributed by atoms with Crippen molar-refractivity contribution in [2.24, 2.45) is 5.92 Å². The van der Waals surface area contributed by atoms with Gasteiger partial charge < -0.3 is 0 Å². The summed E-state index contributed by atoms with van der Waals surface area (Å²) in [5.41, 5.74) is 5.61. The fourth-order valence-electron chi connectivity index (χ4n) is 2.49. The van der Waals surface area contributed by atoms with E-state index in [4.69, 9.17) is 0 Å². The zero-order valence-electron chi connectivity index (χ0n) is 12.0. The number of hydrogen-bond acceptors (Lipinski definition) is 0. The first-order valence-electron chi connectivity index (χ1n) is 6.95.